The Kier molecular flexibility index (Phi) is 5.78. The second kappa shape index (κ2) is 7.11. The van der Waals surface area contributed by atoms with E-state index in [1.165, 1.54) is 7.05 Å². The van der Waals surface area contributed by atoms with Crippen molar-refractivity contribution in [3.8, 4) is 0 Å². The Hall–Kier alpha value is -1.80. The highest BCUT2D eigenvalue weighted by atomic mass is 32.1. The minimum absolute atomic E-state index is 0.00804. The van der Waals surface area contributed by atoms with Crippen molar-refractivity contribution in [3.63, 3.8) is 0 Å². The molecule has 1 aromatic rings. The third-order valence-electron chi connectivity index (χ3n) is 2.82. The predicted octanol–water partition coefficient (Wildman–Crippen LogP) is 0.626. The Morgan fingerprint density at radius 2 is 2.10 bits per heavy atom. The standard InChI is InChI=1S/C12H20N4O3S/c1-4-6(5-19-3)16-12-7(10(14)17)8(13)9(20-12)11(18)15-2/h6,16H,4-5,13H2,1-3H3,(H2,14,17)(H,15,18). The van der Waals surface area contributed by atoms with Gasteiger partial charge in [0.25, 0.3) is 11.8 Å². The van der Waals surface area contributed by atoms with E-state index in [0.29, 0.717) is 11.6 Å². The van der Waals surface area contributed by atoms with Gasteiger partial charge in [-0.2, -0.15) is 0 Å². The van der Waals surface area contributed by atoms with Gasteiger partial charge in [0.05, 0.1) is 17.9 Å². The molecule has 0 aromatic carbocycles. The van der Waals surface area contributed by atoms with Crippen LogP contribution in [-0.2, 0) is 4.74 Å². The van der Waals surface area contributed by atoms with Gasteiger partial charge in [-0.25, -0.2) is 0 Å². The average Bonchev–Trinajstić information content (AvgIpc) is 2.74. The quantitative estimate of drug-likeness (QED) is 0.588. The first-order chi connectivity index (χ1) is 9.46. The third kappa shape index (κ3) is 3.40. The lowest BCUT2D eigenvalue weighted by atomic mass is 10.2. The molecule has 0 aliphatic heterocycles. The highest BCUT2D eigenvalue weighted by molar-refractivity contribution is 7.19. The fourth-order valence-corrected chi connectivity index (χ4v) is 2.87. The van der Waals surface area contributed by atoms with Gasteiger partial charge in [-0.1, -0.05) is 6.92 Å². The fraction of sp³-hybridized carbons (Fsp3) is 0.500. The molecule has 1 atom stereocenters. The summed E-state index contributed by atoms with van der Waals surface area (Å²) in [5, 5.41) is 6.13. The van der Waals surface area contributed by atoms with Gasteiger partial charge in [-0.3, -0.25) is 9.59 Å². The Morgan fingerprint density at radius 3 is 2.55 bits per heavy atom. The molecule has 0 spiro atoms. The Morgan fingerprint density at radius 1 is 1.45 bits per heavy atom. The van der Waals surface area contributed by atoms with Crippen LogP contribution >= 0.6 is 11.3 Å². The van der Waals surface area contributed by atoms with Crippen LogP contribution in [0.3, 0.4) is 0 Å². The molecule has 112 valence electrons. The molecule has 0 aliphatic rings. The van der Waals surface area contributed by atoms with Crippen molar-refractivity contribution >= 4 is 33.8 Å². The van der Waals surface area contributed by atoms with Gasteiger partial charge in [0.15, 0.2) is 0 Å². The van der Waals surface area contributed by atoms with E-state index < -0.39 is 5.91 Å². The first-order valence-electron chi connectivity index (χ1n) is 6.15. The monoisotopic (exact) mass is 300 g/mol. The van der Waals surface area contributed by atoms with Gasteiger partial charge in [0.1, 0.15) is 9.88 Å². The fourth-order valence-electron chi connectivity index (χ4n) is 1.72. The van der Waals surface area contributed by atoms with Crippen molar-refractivity contribution in [2.24, 2.45) is 5.73 Å². The first-order valence-corrected chi connectivity index (χ1v) is 6.97. The molecule has 0 radical (unpaired) electrons. The molecule has 1 aromatic heterocycles. The second-order valence-electron chi connectivity index (χ2n) is 4.20. The number of hydrogen-bond acceptors (Lipinski definition) is 6. The van der Waals surface area contributed by atoms with Gasteiger partial charge in [0.2, 0.25) is 0 Å². The predicted molar refractivity (Wildman–Crippen MR) is 80.2 cm³/mol. The van der Waals surface area contributed by atoms with E-state index in [1.807, 2.05) is 6.92 Å². The molecule has 6 N–H and O–H groups in total. The van der Waals surface area contributed by atoms with Crippen LogP contribution in [0.1, 0.15) is 33.4 Å². The number of methoxy groups -OCH3 is 1. The van der Waals surface area contributed by atoms with Gasteiger partial charge in [0, 0.05) is 20.2 Å². The van der Waals surface area contributed by atoms with Crippen LogP contribution in [0, 0.1) is 0 Å². The zero-order valence-electron chi connectivity index (χ0n) is 11.8. The summed E-state index contributed by atoms with van der Waals surface area (Å²) in [7, 11) is 3.09. The lowest BCUT2D eigenvalue weighted by Crippen LogP contribution is -2.25. The molecular weight excluding hydrogens is 280 g/mol. The SMILES string of the molecule is CCC(COC)Nc1sc(C(=O)NC)c(N)c1C(N)=O. The van der Waals surface area contributed by atoms with Gasteiger partial charge in [-0.05, 0) is 6.42 Å². The Labute approximate surface area is 121 Å². The van der Waals surface area contributed by atoms with E-state index in [4.69, 9.17) is 16.2 Å². The number of nitrogens with one attached hydrogen (secondary N) is 2. The number of amides is 2. The molecule has 1 unspecified atom stereocenters. The molecule has 2 amide bonds. The molecule has 8 heteroatoms. The summed E-state index contributed by atoms with van der Waals surface area (Å²) in [4.78, 5) is 23.5. The maximum atomic E-state index is 11.7. The van der Waals surface area contributed by atoms with Crippen LogP contribution in [0.2, 0.25) is 0 Å². The highest BCUT2D eigenvalue weighted by Crippen LogP contribution is 2.36. The van der Waals surface area contributed by atoms with Crippen molar-refractivity contribution in [3.05, 3.63) is 10.4 Å². The summed E-state index contributed by atoms with van der Waals surface area (Å²) >= 11 is 1.11. The van der Waals surface area contributed by atoms with E-state index in [1.54, 1.807) is 7.11 Å². The zero-order valence-corrected chi connectivity index (χ0v) is 12.6. The zero-order chi connectivity index (χ0) is 15.3. The van der Waals surface area contributed by atoms with Crippen molar-refractivity contribution in [2.45, 2.75) is 19.4 Å². The van der Waals surface area contributed by atoms with Crippen LogP contribution in [0.5, 0.6) is 0 Å². The van der Waals surface area contributed by atoms with Crippen LogP contribution < -0.4 is 22.1 Å². The molecule has 1 heterocycles. The van der Waals surface area contributed by atoms with Crippen LogP contribution in [0.25, 0.3) is 0 Å². The molecule has 0 aliphatic carbocycles. The Bertz CT molecular complexity index is 501. The normalized spacial score (nSPS) is 11.9. The number of nitrogen functional groups attached to an aromatic ring is 1. The number of rotatable bonds is 7. The van der Waals surface area contributed by atoms with Crippen LogP contribution in [0.15, 0.2) is 0 Å². The Balaban J connectivity index is 3.17. The number of carbonyl (C=O) groups excluding carboxylic acids is 2. The summed E-state index contributed by atoms with van der Waals surface area (Å²) in [5.41, 5.74) is 11.5. The second-order valence-corrected chi connectivity index (χ2v) is 5.22. The van der Waals surface area contributed by atoms with Crippen LogP contribution in [-0.4, -0.2) is 38.6 Å². The number of primary amides is 1. The topological polar surface area (TPSA) is 119 Å². The minimum atomic E-state index is -0.663. The summed E-state index contributed by atoms with van der Waals surface area (Å²) in [6, 6.07) is 0.00804. The number of hydrogen-bond donors (Lipinski definition) is 4. The van der Waals surface area contributed by atoms with Gasteiger partial charge >= 0.3 is 0 Å². The smallest absolute Gasteiger partial charge is 0.263 e. The molecule has 0 bridgehead atoms. The summed E-state index contributed by atoms with van der Waals surface area (Å²) < 4.78 is 5.09. The van der Waals surface area contributed by atoms with Crippen LogP contribution in [0.4, 0.5) is 10.7 Å². The van der Waals surface area contributed by atoms with E-state index in [9.17, 15) is 9.59 Å². The molecule has 1 rings (SSSR count). The maximum absolute atomic E-state index is 11.7. The number of nitrogens with two attached hydrogens (primary N) is 2. The van der Waals surface area contributed by atoms with Crippen molar-refractivity contribution in [2.75, 3.05) is 31.8 Å². The molecule has 0 fully saturated rings. The summed E-state index contributed by atoms with van der Waals surface area (Å²) in [6.07, 6.45) is 0.791. The van der Waals surface area contributed by atoms with Gasteiger partial charge < -0.3 is 26.8 Å². The van der Waals surface area contributed by atoms with Crippen molar-refractivity contribution in [1.82, 2.24) is 5.32 Å². The summed E-state index contributed by atoms with van der Waals surface area (Å²) in [6.45, 7) is 2.46. The van der Waals surface area contributed by atoms with E-state index in [-0.39, 0.29) is 28.1 Å². The molecule has 20 heavy (non-hydrogen) atoms. The highest BCUT2D eigenvalue weighted by Gasteiger charge is 2.24. The maximum Gasteiger partial charge on any atom is 0.263 e. The van der Waals surface area contributed by atoms with E-state index >= 15 is 0 Å². The lowest BCUT2D eigenvalue weighted by Gasteiger charge is -2.16. The number of carbonyl (C=O) groups is 2. The van der Waals surface area contributed by atoms with Gasteiger partial charge in [-0.15, -0.1) is 11.3 Å². The molecule has 0 saturated carbocycles. The average molecular weight is 300 g/mol. The van der Waals surface area contributed by atoms with E-state index in [2.05, 4.69) is 10.6 Å². The third-order valence-corrected chi connectivity index (χ3v) is 3.96. The lowest BCUT2D eigenvalue weighted by molar-refractivity contribution is 0.0967. The number of anilines is 2. The molecular formula is C12H20N4O3S. The van der Waals surface area contributed by atoms with Crippen molar-refractivity contribution < 1.29 is 14.3 Å². The molecule has 7 nitrogen and oxygen atoms in total. The largest absolute Gasteiger partial charge is 0.397 e. The summed E-state index contributed by atoms with van der Waals surface area (Å²) in [5.74, 6) is -1.01. The minimum Gasteiger partial charge on any atom is -0.397 e. The molecule has 0 saturated heterocycles. The first kappa shape index (κ1) is 16.3. The van der Waals surface area contributed by atoms with E-state index in [0.717, 1.165) is 17.8 Å². The number of ether oxygens (including phenoxy) is 1. The number of thiophene rings is 1. The van der Waals surface area contributed by atoms with Crippen molar-refractivity contribution in [1.29, 1.82) is 0 Å².